The number of anilines is 1. The first-order chi connectivity index (χ1) is 10.2. The van der Waals surface area contributed by atoms with E-state index >= 15 is 0 Å². The van der Waals surface area contributed by atoms with E-state index in [9.17, 15) is 9.18 Å². The standard InChI is InChI=1S/C16H12FN3O/c17-11-6-7-12-13(8-11)18-15(21)16(12)9-14(19-20-16)10-4-2-1-3-5-10/h1-8,20H,9H2,(H,18,21). The van der Waals surface area contributed by atoms with Crippen LogP contribution in [-0.4, -0.2) is 11.6 Å². The fourth-order valence-corrected chi connectivity index (χ4v) is 2.92. The van der Waals surface area contributed by atoms with Gasteiger partial charge in [0.1, 0.15) is 5.82 Å². The molecule has 2 N–H and O–H groups in total. The van der Waals surface area contributed by atoms with Gasteiger partial charge in [0.2, 0.25) is 0 Å². The second kappa shape index (κ2) is 4.15. The third kappa shape index (κ3) is 1.67. The van der Waals surface area contributed by atoms with E-state index in [1.54, 1.807) is 6.07 Å². The number of amides is 1. The van der Waals surface area contributed by atoms with Crippen molar-refractivity contribution < 1.29 is 9.18 Å². The van der Waals surface area contributed by atoms with Crippen molar-refractivity contribution >= 4 is 17.3 Å². The molecule has 4 rings (SSSR count). The van der Waals surface area contributed by atoms with E-state index in [2.05, 4.69) is 15.8 Å². The summed E-state index contributed by atoms with van der Waals surface area (Å²) in [5.74, 6) is -0.564. The Morgan fingerprint density at radius 2 is 1.95 bits per heavy atom. The van der Waals surface area contributed by atoms with Crippen LogP contribution in [0.5, 0.6) is 0 Å². The molecule has 0 aromatic heterocycles. The predicted octanol–water partition coefficient (Wildman–Crippen LogP) is 2.37. The van der Waals surface area contributed by atoms with E-state index < -0.39 is 5.54 Å². The second-order valence-electron chi connectivity index (χ2n) is 5.26. The number of hydrazone groups is 1. The van der Waals surface area contributed by atoms with Crippen LogP contribution in [0.3, 0.4) is 0 Å². The molecule has 21 heavy (non-hydrogen) atoms. The summed E-state index contributed by atoms with van der Waals surface area (Å²) in [5, 5.41) is 7.05. The lowest BCUT2D eigenvalue weighted by molar-refractivity contribution is -0.121. The monoisotopic (exact) mass is 281 g/mol. The summed E-state index contributed by atoms with van der Waals surface area (Å²) in [6.07, 6.45) is 0.446. The number of hydrogen-bond donors (Lipinski definition) is 2. The van der Waals surface area contributed by atoms with Crippen molar-refractivity contribution in [1.29, 1.82) is 0 Å². The van der Waals surface area contributed by atoms with Gasteiger partial charge in [0.25, 0.3) is 5.91 Å². The molecule has 0 bridgehead atoms. The highest BCUT2D eigenvalue weighted by Gasteiger charge is 2.50. The number of rotatable bonds is 1. The van der Waals surface area contributed by atoms with Crippen molar-refractivity contribution in [3.8, 4) is 0 Å². The Bertz CT molecular complexity index is 772. The average molecular weight is 281 g/mol. The summed E-state index contributed by atoms with van der Waals surface area (Å²) >= 11 is 0. The first kappa shape index (κ1) is 12.1. The number of nitrogens with one attached hydrogen (secondary N) is 2. The highest BCUT2D eigenvalue weighted by atomic mass is 19.1. The number of halogens is 1. The second-order valence-corrected chi connectivity index (χ2v) is 5.26. The number of carbonyl (C=O) groups is 1. The summed E-state index contributed by atoms with van der Waals surface area (Å²) < 4.78 is 13.3. The van der Waals surface area contributed by atoms with Crippen molar-refractivity contribution in [3.05, 3.63) is 65.5 Å². The SMILES string of the molecule is O=C1Nc2cc(F)ccc2C12CC(c1ccccc1)=NN2. The Kier molecular flexibility index (Phi) is 2.39. The zero-order chi connectivity index (χ0) is 14.4. The van der Waals surface area contributed by atoms with Crippen molar-refractivity contribution in [1.82, 2.24) is 5.43 Å². The van der Waals surface area contributed by atoms with E-state index in [1.807, 2.05) is 30.3 Å². The normalized spacial score (nSPS) is 22.7. The minimum Gasteiger partial charge on any atom is -0.323 e. The molecule has 0 radical (unpaired) electrons. The summed E-state index contributed by atoms with van der Waals surface area (Å²) in [7, 11) is 0. The summed E-state index contributed by atoms with van der Waals surface area (Å²) in [5.41, 5.74) is 5.09. The third-order valence-corrected chi connectivity index (χ3v) is 4.00. The van der Waals surface area contributed by atoms with Crippen LogP contribution in [0.25, 0.3) is 0 Å². The molecule has 2 heterocycles. The van der Waals surface area contributed by atoms with Crippen LogP contribution >= 0.6 is 0 Å². The summed E-state index contributed by atoms with van der Waals surface area (Å²) in [4.78, 5) is 12.4. The topological polar surface area (TPSA) is 53.5 Å². The largest absolute Gasteiger partial charge is 0.323 e. The average Bonchev–Trinajstić information content (AvgIpc) is 3.04. The van der Waals surface area contributed by atoms with E-state index in [1.165, 1.54) is 12.1 Å². The van der Waals surface area contributed by atoms with Crippen molar-refractivity contribution in [2.75, 3.05) is 5.32 Å². The minimum absolute atomic E-state index is 0.196. The molecule has 2 aliphatic rings. The molecule has 1 spiro atoms. The van der Waals surface area contributed by atoms with Crippen LogP contribution in [0.15, 0.2) is 53.6 Å². The molecule has 0 saturated heterocycles. The van der Waals surface area contributed by atoms with E-state index in [-0.39, 0.29) is 11.7 Å². The molecule has 104 valence electrons. The van der Waals surface area contributed by atoms with Gasteiger partial charge in [-0.25, -0.2) is 4.39 Å². The van der Waals surface area contributed by atoms with Gasteiger partial charge in [-0.05, 0) is 17.7 Å². The Balaban J connectivity index is 1.74. The number of carbonyl (C=O) groups excluding carboxylic acids is 1. The molecule has 1 atom stereocenters. The summed E-state index contributed by atoms with van der Waals surface area (Å²) in [6, 6.07) is 14.0. The highest BCUT2D eigenvalue weighted by Crippen LogP contribution is 2.41. The van der Waals surface area contributed by atoms with Gasteiger partial charge in [-0.1, -0.05) is 36.4 Å². The van der Waals surface area contributed by atoms with Crippen molar-refractivity contribution in [3.63, 3.8) is 0 Å². The van der Waals surface area contributed by atoms with Crippen molar-refractivity contribution in [2.24, 2.45) is 5.10 Å². The Morgan fingerprint density at radius 1 is 1.14 bits per heavy atom. The molecule has 2 aromatic rings. The van der Waals surface area contributed by atoms with Crippen molar-refractivity contribution in [2.45, 2.75) is 12.0 Å². The van der Waals surface area contributed by atoms with Crippen LogP contribution in [0.2, 0.25) is 0 Å². The Hall–Kier alpha value is -2.69. The Morgan fingerprint density at radius 3 is 2.76 bits per heavy atom. The molecule has 1 unspecified atom stereocenters. The number of fused-ring (bicyclic) bond motifs is 2. The van der Waals surface area contributed by atoms with Crippen LogP contribution in [-0.2, 0) is 10.3 Å². The maximum Gasteiger partial charge on any atom is 0.256 e. The number of benzene rings is 2. The zero-order valence-electron chi connectivity index (χ0n) is 11.1. The number of hydrogen-bond acceptors (Lipinski definition) is 3. The van der Waals surface area contributed by atoms with Gasteiger partial charge in [-0.2, -0.15) is 5.10 Å². The molecule has 0 saturated carbocycles. The zero-order valence-corrected chi connectivity index (χ0v) is 11.1. The van der Waals surface area contributed by atoms with Crippen LogP contribution in [0, 0.1) is 5.82 Å². The van der Waals surface area contributed by atoms with Crippen LogP contribution < -0.4 is 10.7 Å². The van der Waals surface area contributed by atoms with Gasteiger partial charge >= 0.3 is 0 Å². The van der Waals surface area contributed by atoms with Gasteiger partial charge in [0.05, 0.1) is 5.71 Å². The lowest BCUT2D eigenvalue weighted by atomic mass is 9.86. The lowest BCUT2D eigenvalue weighted by Crippen LogP contribution is -2.42. The van der Waals surface area contributed by atoms with Gasteiger partial charge in [0, 0.05) is 17.7 Å². The fraction of sp³-hybridized carbons (Fsp3) is 0.125. The quantitative estimate of drug-likeness (QED) is 0.843. The maximum atomic E-state index is 13.3. The molecule has 1 amide bonds. The molecule has 4 nitrogen and oxygen atoms in total. The first-order valence-electron chi connectivity index (χ1n) is 6.70. The maximum absolute atomic E-state index is 13.3. The highest BCUT2D eigenvalue weighted by molar-refractivity contribution is 6.13. The first-order valence-corrected chi connectivity index (χ1v) is 6.70. The van der Waals surface area contributed by atoms with E-state index in [4.69, 9.17) is 0 Å². The third-order valence-electron chi connectivity index (χ3n) is 4.00. The summed E-state index contributed by atoms with van der Waals surface area (Å²) in [6.45, 7) is 0. The fourth-order valence-electron chi connectivity index (χ4n) is 2.92. The van der Waals surface area contributed by atoms with Gasteiger partial charge in [-0.3, -0.25) is 10.2 Å². The molecular weight excluding hydrogens is 269 g/mol. The molecule has 0 aliphatic carbocycles. The predicted molar refractivity (Wildman–Crippen MR) is 77.4 cm³/mol. The van der Waals surface area contributed by atoms with Gasteiger partial charge < -0.3 is 5.32 Å². The molecular formula is C16H12FN3O. The lowest BCUT2D eigenvalue weighted by Gasteiger charge is -2.20. The van der Waals surface area contributed by atoms with Crippen LogP contribution in [0.1, 0.15) is 17.5 Å². The molecule has 0 fully saturated rings. The smallest absolute Gasteiger partial charge is 0.256 e. The number of nitrogens with zero attached hydrogens (tertiary/aromatic N) is 1. The van der Waals surface area contributed by atoms with Crippen LogP contribution in [0.4, 0.5) is 10.1 Å². The minimum atomic E-state index is -0.922. The molecule has 5 heteroatoms. The molecule has 2 aromatic carbocycles. The van der Waals surface area contributed by atoms with Gasteiger partial charge in [0.15, 0.2) is 5.54 Å². The molecule has 2 aliphatic heterocycles. The van der Waals surface area contributed by atoms with E-state index in [0.717, 1.165) is 16.8 Å². The van der Waals surface area contributed by atoms with Gasteiger partial charge in [-0.15, -0.1) is 0 Å². The Labute approximate surface area is 120 Å². The van der Waals surface area contributed by atoms with E-state index in [0.29, 0.717) is 12.1 Å².